The number of benzene rings is 1. The highest BCUT2D eigenvalue weighted by Crippen LogP contribution is 2.09. The molecule has 0 bridgehead atoms. The fourth-order valence-corrected chi connectivity index (χ4v) is 4.35. The van der Waals surface area contributed by atoms with Gasteiger partial charge in [-0.1, -0.05) is 43.2 Å². The van der Waals surface area contributed by atoms with Gasteiger partial charge in [0.25, 0.3) is 18.0 Å². The molecule has 1 rings (SSSR count). The predicted octanol–water partition coefficient (Wildman–Crippen LogP) is 3.59. The minimum absolute atomic E-state index is 0.180. The van der Waals surface area contributed by atoms with Crippen LogP contribution in [0.5, 0.6) is 0 Å². The molecule has 1 aromatic carbocycles. The van der Waals surface area contributed by atoms with E-state index in [2.05, 4.69) is 31.2 Å². The average Bonchev–Trinajstić information content (AvgIpc) is 2.99. The summed E-state index contributed by atoms with van der Waals surface area (Å²) in [6.07, 6.45) is -1.28. The van der Waals surface area contributed by atoms with Gasteiger partial charge in [0.05, 0.1) is 0 Å². The first-order valence-corrected chi connectivity index (χ1v) is 16.2. The Balaban J connectivity index is 2.30. The van der Waals surface area contributed by atoms with Crippen molar-refractivity contribution in [3.63, 3.8) is 0 Å². The number of hydrogen-bond donors (Lipinski definition) is 7. The number of halogens is 1. The largest absolute Gasteiger partial charge is 0.465 e. The van der Waals surface area contributed by atoms with E-state index in [1.165, 1.54) is 0 Å². The van der Waals surface area contributed by atoms with Crippen molar-refractivity contribution in [1.82, 2.24) is 31.5 Å². The Hall–Kier alpha value is -4.47. The highest BCUT2D eigenvalue weighted by atomic mass is 19.1. The van der Waals surface area contributed by atoms with Crippen molar-refractivity contribution < 1.29 is 43.3 Å². The molecule has 2 unspecified atom stereocenters. The fourth-order valence-electron chi connectivity index (χ4n) is 4.35. The van der Waals surface area contributed by atoms with Crippen molar-refractivity contribution in [3.05, 3.63) is 35.9 Å². The van der Waals surface area contributed by atoms with Gasteiger partial charge >= 0.3 is 18.3 Å². The lowest BCUT2D eigenvalue weighted by Gasteiger charge is -2.24. The van der Waals surface area contributed by atoms with Gasteiger partial charge in [0.1, 0.15) is 5.60 Å². The van der Waals surface area contributed by atoms with E-state index in [1.807, 2.05) is 42.6 Å². The van der Waals surface area contributed by atoms with Gasteiger partial charge in [-0.15, -0.1) is 0 Å². The molecule has 0 spiro atoms. The molecule has 16 heteroatoms. The molecule has 7 N–H and O–H groups in total. The van der Waals surface area contributed by atoms with E-state index < -0.39 is 41.9 Å². The molecule has 0 saturated carbocycles. The van der Waals surface area contributed by atoms with Gasteiger partial charge in [0.2, 0.25) is 5.96 Å². The summed E-state index contributed by atoms with van der Waals surface area (Å²) in [6, 6.07) is 9.68. The van der Waals surface area contributed by atoms with E-state index >= 15 is 0 Å². The van der Waals surface area contributed by atoms with Crippen molar-refractivity contribution in [2.45, 2.75) is 97.0 Å². The summed E-state index contributed by atoms with van der Waals surface area (Å²) in [5.74, 6) is -2.25. The van der Waals surface area contributed by atoms with E-state index in [9.17, 15) is 28.4 Å². The Morgan fingerprint density at radius 1 is 0.854 bits per heavy atom. The van der Waals surface area contributed by atoms with Crippen LogP contribution in [-0.4, -0.2) is 102 Å². The maximum absolute atomic E-state index is 14.4. The number of rotatable bonds is 20. The molecular formula is C32H52FN7O8. The number of carbonyl (C=O) groups excluding carboxylic acids is 3. The summed E-state index contributed by atoms with van der Waals surface area (Å²) < 4.78 is 19.5. The van der Waals surface area contributed by atoms with Crippen molar-refractivity contribution >= 4 is 36.1 Å². The number of carboxylic acid groups (broad SMARTS) is 2. The van der Waals surface area contributed by atoms with Crippen LogP contribution in [0.3, 0.4) is 0 Å². The Morgan fingerprint density at radius 3 is 2.04 bits per heavy atom. The van der Waals surface area contributed by atoms with Crippen LogP contribution in [0.4, 0.5) is 18.8 Å². The monoisotopic (exact) mass is 681 g/mol. The zero-order valence-electron chi connectivity index (χ0n) is 28.4. The maximum atomic E-state index is 14.4. The topological polar surface area (TPSA) is 211 Å². The van der Waals surface area contributed by atoms with Crippen molar-refractivity contribution in [2.75, 3.05) is 32.7 Å². The number of alkyl carbamates (subject to hydrolysis) is 1. The van der Waals surface area contributed by atoms with Crippen LogP contribution in [0, 0.1) is 0 Å². The summed E-state index contributed by atoms with van der Waals surface area (Å²) in [5.41, 5.74) is 0.358. The number of amides is 5. The van der Waals surface area contributed by atoms with Gasteiger partial charge in [0.15, 0.2) is 0 Å². The first-order chi connectivity index (χ1) is 22.7. The lowest BCUT2D eigenvalue weighted by atomic mass is 10.1. The van der Waals surface area contributed by atoms with Gasteiger partial charge in [-0.2, -0.15) is 0 Å². The Labute approximate surface area is 281 Å². The van der Waals surface area contributed by atoms with Crippen molar-refractivity contribution in [1.29, 1.82) is 0 Å². The number of nitrogens with zero attached hydrogens (tertiary/aromatic N) is 2. The molecular weight excluding hydrogens is 629 g/mol. The third-order valence-electron chi connectivity index (χ3n) is 6.66. The van der Waals surface area contributed by atoms with Gasteiger partial charge < -0.3 is 30.9 Å². The number of ether oxygens (including phenoxy) is 1. The van der Waals surface area contributed by atoms with Crippen LogP contribution < -0.4 is 26.6 Å². The summed E-state index contributed by atoms with van der Waals surface area (Å²) in [5, 5.41) is 29.5. The normalized spacial score (nSPS) is 12.8. The minimum Gasteiger partial charge on any atom is -0.465 e. The Bertz CT molecular complexity index is 1180. The number of carbonyl (C=O) groups is 5. The highest BCUT2D eigenvalue weighted by molar-refractivity contribution is 6.03. The zero-order valence-corrected chi connectivity index (χ0v) is 28.4. The molecule has 15 nitrogen and oxygen atoms in total. The summed E-state index contributed by atoms with van der Waals surface area (Å²) in [7, 11) is 0. The van der Waals surface area contributed by atoms with Crippen molar-refractivity contribution in [3.8, 4) is 0 Å². The third kappa shape index (κ3) is 21.3. The van der Waals surface area contributed by atoms with Crippen LogP contribution in [0.1, 0.15) is 78.2 Å². The average molecular weight is 682 g/mol. The fraction of sp³-hybridized carbons (Fsp3) is 0.625. The van der Waals surface area contributed by atoms with Crippen LogP contribution >= 0.6 is 0 Å². The Kier molecular flexibility index (Phi) is 19.9. The molecule has 2 atom stereocenters. The molecule has 0 fully saturated rings. The lowest BCUT2D eigenvalue weighted by molar-refractivity contribution is -0.136. The number of hydrogen-bond acceptors (Lipinski definition) is 8. The molecule has 5 amide bonds. The molecule has 270 valence electrons. The van der Waals surface area contributed by atoms with Crippen LogP contribution in [0.2, 0.25) is 0 Å². The molecule has 48 heavy (non-hydrogen) atoms. The van der Waals surface area contributed by atoms with E-state index in [4.69, 9.17) is 14.9 Å². The van der Waals surface area contributed by atoms with E-state index in [-0.39, 0.29) is 31.6 Å². The van der Waals surface area contributed by atoms with Gasteiger partial charge in [-0.3, -0.25) is 30.1 Å². The SMILES string of the molecule is CC(CCN(CCCCNC(=O)C(F)C(=O)NCCCCCCN=C(NC(=O)O)NC(=O)OC(C)(C)C)Cc1ccccc1)NC(=O)O. The highest BCUT2D eigenvalue weighted by Gasteiger charge is 2.25. The smallest absolute Gasteiger partial charge is 0.414 e. The van der Waals surface area contributed by atoms with Crippen LogP contribution in [-0.2, 0) is 20.9 Å². The van der Waals surface area contributed by atoms with E-state index in [1.54, 1.807) is 20.8 Å². The van der Waals surface area contributed by atoms with Crippen molar-refractivity contribution in [2.24, 2.45) is 4.99 Å². The second kappa shape index (κ2) is 23.0. The van der Waals surface area contributed by atoms with Crippen LogP contribution in [0.15, 0.2) is 35.3 Å². The second-order valence-electron chi connectivity index (χ2n) is 12.3. The molecule has 0 saturated heterocycles. The van der Waals surface area contributed by atoms with E-state index in [0.29, 0.717) is 64.6 Å². The van der Waals surface area contributed by atoms with Crippen LogP contribution in [0.25, 0.3) is 0 Å². The second-order valence-corrected chi connectivity index (χ2v) is 12.3. The standard InChI is InChI=1S/C32H52FN7O8/c1-23(37-29(43)44)16-21-40(22-24-14-8-7-9-15-24)20-13-12-18-35-27(42)25(33)26(41)34-17-10-5-6-11-19-36-28(38-30(45)46)39-31(47)48-32(2,3)4/h7-9,14-15,23,25,37H,5-6,10-13,16-22H2,1-4H3,(H,34,41)(H,35,42)(H,43,44)(H,45,46)(H2,36,38,39,47). The maximum Gasteiger partial charge on any atom is 0.414 e. The number of nitrogens with one attached hydrogen (secondary N) is 5. The molecule has 0 aliphatic heterocycles. The quantitative estimate of drug-likeness (QED) is 0.0463. The zero-order chi connectivity index (χ0) is 36.0. The first-order valence-electron chi connectivity index (χ1n) is 16.2. The lowest BCUT2D eigenvalue weighted by Crippen LogP contribution is -2.45. The van der Waals surface area contributed by atoms with E-state index in [0.717, 1.165) is 5.56 Å². The molecule has 0 aromatic heterocycles. The number of aliphatic imine (C=N–C) groups is 1. The third-order valence-corrected chi connectivity index (χ3v) is 6.66. The van der Waals surface area contributed by atoms with Gasteiger partial charge in [-0.25, -0.2) is 18.8 Å². The summed E-state index contributed by atoms with van der Waals surface area (Å²) in [4.78, 5) is 64.2. The molecule has 0 heterocycles. The molecule has 0 radical (unpaired) electrons. The summed E-state index contributed by atoms with van der Waals surface area (Å²) >= 11 is 0. The molecule has 0 aliphatic carbocycles. The number of unbranched alkanes of at least 4 members (excludes halogenated alkanes) is 4. The van der Waals surface area contributed by atoms with Gasteiger partial charge in [-0.05, 0) is 71.9 Å². The summed E-state index contributed by atoms with van der Waals surface area (Å²) in [6.45, 7) is 9.47. The Morgan fingerprint density at radius 2 is 1.46 bits per heavy atom. The number of guanidine groups is 1. The number of alkyl halides is 1. The molecule has 0 aliphatic rings. The van der Waals surface area contributed by atoms with Gasteiger partial charge in [0, 0.05) is 38.8 Å². The first kappa shape index (κ1) is 41.6. The minimum atomic E-state index is -2.32. The predicted molar refractivity (Wildman–Crippen MR) is 178 cm³/mol. The molecule has 1 aromatic rings.